The molecule has 4 heteroatoms. The van der Waals surface area contributed by atoms with E-state index in [4.69, 9.17) is 9.84 Å². The Balaban J connectivity index is 2.07. The third-order valence-corrected chi connectivity index (χ3v) is 2.51. The second kappa shape index (κ2) is 3.81. The third kappa shape index (κ3) is 2.21. The standard InChI is InChI=1S/C11H12O4/c12-9-2-1-8(10(13)5-9)3-7-4-11(14)15-6-7/h1-2,5,7,12-13H,3-4,6H2. The maximum Gasteiger partial charge on any atom is 0.306 e. The fraction of sp³-hybridized carbons (Fsp3) is 0.364. The number of carbonyl (C=O) groups is 1. The highest BCUT2D eigenvalue weighted by atomic mass is 16.5. The Morgan fingerprint density at radius 3 is 2.80 bits per heavy atom. The number of esters is 1. The second-order valence-corrected chi connectivity index (χ2v) is 3.77. The molecule has 1 heterocycles. The lowest BCUT2D eigenvalue weighted by Gasteiger charge is -2.08. The second-order valence-electron chi connectivity index (χ2n) is 3.77. The molecule has 1 atom stereocenters. The number of ether oxygens (including phenoxy) is 1. The lowest BCUT2D eigenvalue weighted by atomic mass is 9.98. The van der Waals surface area contributed by atoms with Crippen LogP contribution in [-0.2, 0) is 16.0 Å². The molecule has 0 bridgehead atoms. The van der Waals surface area contributed by atoms with E-state index in [0.29, 0.717) is 19.4 Å². The van der Waals surface area contributed by atoms with Crippen LogP contribution < -0.4 is 0 Å². The van der Waals surface area contributed by atoms with Gasteiger partial charge in [0.05, 0.1) is 13.0 Å². The van der Waals surface area contributed by atoms with Gasteiger partial charge in [-0.05, 0) is 18.1 Å². The molecular weight excluding hydrogens is 196 g/mol. The summed E-state index contributed by atoms with van der Waals surface area (Å²) < 4.78 is 4.83. The molecule has 80 valence electrons. The molecule has 4 nitrogen and oxygen atoms in total. The summed E-state index contributed by atoms with van der Waals surface area (Å²) in [5.41, 5.74) is 0.733. The van der Waals surface area contributed by atoms with E-state index in [0.717, 1.165) is 5.56 Å². The fourth-order valence-electron chi connectivity index (χ4n) is 1.73. The zero-order valence-corrected chi connectivity index (χ0v) is 8.14. The van der Waals surface area contributed by atoms with E-state index in [2.05, 4.69) is 0 Å². The summed E-state index contributed by atoms with van der Waals surface area (Å²) in [6.07, 6.45) is 0.998. The van der Waals surface area contributed by atoms with Crippen molar-refractivity contribution in [2.24, 2.45) is 5.92 Å². The number of hydrogen-bond acceptors (Lipinski definition) is 4. The molecule has 1 saturated heterocycles. The van der Waals surface area contributed by atoms with Gasteiger partial charge in [0.25, 0.3) is 0 Å². The Morgan fingerprint density at radius 2 is 2.20 bits per heavy atom. The molecule has 2 rings (SSSR count). The zero-order valence-electron chi connectivity index (χ0n) is 8.14. The van der Waals surface area contributed by atoms with Gasteiger partial charge >= 0.3 is 5.97 Å². The average Bonchev–Trinajstić information content (AvgIpc) is 2.56. The monoisotopic (exact) mass is 208 g/mol. The van der Waals surface area contributed by atoms with Crippen molar-refractivity contribution in [2.75, 3.05) is 6.61 Å². The highest BCUT2D eigenvalue weighted by Gasteiger charge is 2.24. The van der Waals surface area contributed by atoms with Gasteiger partial charge in [-0.2, -0.15) is 0 Å². The number of phenolic OH excluding ortho intramolecular Hbond substituents is 2. The number of carbonyl (C=O) groups excluding carboxylic acids is 1. The first-order valence-corrected chi connectivity index (χ1v) is 4.81. The Morgan fingerprint density at radius 1 is 1.40 bits per heavy atom. The zero-order chi connectivity index (χ0) is 10.8. The smallest absolute Gasteiger partial charge is 0.306 e. The summed E-state index contributed by atoms with van der Waals surface area (Å²) in [6, 6.07) is 4.48. The lowest BCUT2D eigenvalue weighted by molar-refractivity contribution is -0.137. The van der Waals surface area contributed by atoms with Crippen LogP contribution in [0, 0.1) is 5.92 Å². The maximum absolute atomic E-state index is 10.9. The van der Waals surface area contributed by atoms with E-state index in [9.17, 15) is 9.90 Å². The molecule has 0 amide bonds. The first-order valence-electron chi connectivity index (χ1n) is 4.81. The van der Waals surface area contributed by atoms with Crippen LogP contribution in [0.4, 0.5) is 0 Å². The number of rotatable bonds is 2. The van der Waals surface area contributed by atoms with Crippen LogP contribution in [0.3, 0.4) is 0 Å². The quantitative estimate of drug-likeness (QED) is 0.717. The summed E-state index contributed by atoms with van der Waals surface area (Å²) in [5, 5.41) is 18.6. The van der Waals surface area contributed by atoms with Crippen molar-refractivity contribution < 1.29 is 19.7 Å². The van der Waals surface area contributed by atoms with Gasteiger partial charge in [0.2, 0.25) is 0 Å². The number of hydrogen-bond donors (Lipinski definition) is 2. The molecule has 1 aromatic rings. The Bertz CT molecular complexity index is 386. The van der Waals surface area contributed by atoms with Crippen LogP contribution in [0.25, 0.3) is 0 Å². The van der Waals surface area contributed by atoms with Crippen LogP contribution in [0.2, 0.25) is 0 Å². The Kier molecular flexibility index (Phi) is 2.49. The largest absolute Gasteiger partial charge is 0.508 e. The normalized spacial score (nSPS) is 20.3. The maximum atomic E-state index is 10.9. The van der Waals surface area contributed by atoms with Crippen molar-refractivity contribution >= 4 is 5.97 Å². The molecule has 2 N–H and O–H groups in total. The topological polar surface area (TPSA) is 66.8 Å². The van der Waals surface area contributed by atoms with Crippen LogP contribution in [0.15, 0.2) is 18.2 Å². The first-order chi connectivity index (χ1) is 7.15. The van der Waals surface area contributed by atoms with E-state index >= 15 is 0 Å². The summed E-state index contributed by atoms with van der Waals surface area (Å²) in [7, 11) is 0. The molecule has 1 fully saturated rings. The van der Waals surface area contributed by atoms with Gasteiger partial charge in [-0.25, -0.2) is 0 Å². The van der Waals surface area contributed by atoms with E-state index in [1.807, 2.05) is 0 Å². The molecule has 0 spiro atoms. The number of benzene rings is 1. The number of cyclic esters (lactones) is 1. The number of phenols is 2. The van der Waals surface area contributed by atoms with Gasteiger partial charge in [-0.3, -0.25) is 4.79 Å². The molecule has 1 aliphatic rings. The van der Waals surface area contributed by atoms with Gasteiger partial charge in [-0.1, -0.05) is 6.07 Å². The van der Waals surface area contributed by atoms with Crippen molar-refractivity contribution in [3.8, 4) is 11.5 Å². The predicted molar refractivity (Wildman–Crippen MR) is 52.5 cm³/mol. The molecule has 1 aromatic carbocycles. The molecule has 1 aliphatic heterocycles. The fourth-order valence-corrected chi connectivity index (χ4v) is 1.73. The average molecular weight is 208 g/mol. The lowest BCUT2D eigenvalue weighted by Crippen LogP contribution is -2.03. The summed E-state index contributed by atoms with van der Waals surface area (Å²) in [4.78, 5) is 10.9. The molecule has 15 heavy (non-hydrogen) atoms. The van der Waals surface area contributed by atoms with Crippen LogP contribution in [0.5, 0.6) is 11.5 Å². The summed E-state index contributed by atoms with van der Waals surface area (Å²) >= 11 is 0. The highest BCUT2D eigenvalue weighted by Crippen LogP contribution is 2.27. The van der Waals surface area contributed by atoms with E-state index < -0.39 is 0 Å². The van der Waals surface area contributed by atoms with E-state index in [1.165, 1.54) is 12.1 Å². The van der Waals surface area contributed by atoms with Crippen molar-refractivity contribution in [3.05, 3.63) is 23.8 Å². The predicted octanol–water partition coefficient (Wildman–Crippen LogP) is 1.20. The van der Waals surface area contributed by atoms with Crippen molar-refractivity contribution in [1.82, 2.24) is 0 Å². The molecular formula is C11H12O4. The number of aromatic hydroxyl groups is 2. The summed E-state index contributed by atoms with van der Waals surface area (Å²) in [6.45, 7) is 0.416. The van der Waals surface area contributed by atoms with Crippen LogP contribution in [0.1, 0.15) is 12.0 Å². The minimum absolute atomic E-state index is 0.0370. The molecule has 0 aliphatic carbocycles. The molecule has 0 aromatic heterocycles. The molecule has 0 saturated carbocycles. The highest BCUT2D eigenvalue weighted by molar-refractivity contribution is 5.71. The first kappa shape index (κ1) is 9.83. The summed E-state index contributed by atoms with van der Waals surface area (Å²) in [5.74, 6) is 0.0514. The van der Waals surface area contributed by atoms with E-state index in [-0.39, 0.29) is 23.4 Å². The third-order valence-electron chi connectivity index (χ3n) is 2.51. The van der Waals surface area contributed by atoms with Crippen molar-refractivity contribution in [1.29, 1.82) is 0 Å². The van der Waals surface area contributed by atoms with Gasteiger partial charge in [0.1, 0.15) is 11.5 Å². The van der Waals surface area contributed by atoms with Gasteiger partial charge in [0, 0.05) is 12.0 Å². The molecule has 0 radical (unpaired) electrons. The Labute approximate surface area is 87.1 Å². The minimum atomic E-state index is -0.182. The van der Waals surface area contributed by atoms with Gasteiger partial charge in [-0.15, -0.1) is 0 Å². The van der Waals surface area contributed by atoms with Crippen LogP contribution >= 0.6 is 0 Å². The SMILES string of the molecule is O=C1CC(Cc2ccc(O)cc2O)CO1. The molecule has 1 unspecified atom stereocenters. The minimum Gasteiger partial charge on any atom is -0.508 e. The van der Waals surface area contributed by atoms with Gasteiger partial charge in [0.15, 0.2) is 0 Å². The van der Waals surface area contributed by atoms with Crippen molar-refractivity contribution in [2.45, 2.75) is 12.8 Å². The van der Waals surface area contributed by atoms with Crippen molar-refractivity contribution in [3.63, 3.8) is 0 Å². The van der Waals surface area contributed by atoms with E-state index in [1.54, 1.807) is 6.07 Å². The Hall–Kier alpha value is -1.71. The van der Waals surface area contributed by atoms with Gasteiger partial charge < -0.3 is 14.9 Å². The van der Waals surface area contributed by atoms with Crippen LogP contribution in [-0.4, -0.2) is 22.8 Å².